The molecule has 9 heteroatoms. The Bertz CT molecular complexity index is 998. The first-order chi connectivity index (χ1) is 15.4. The molecule has 2 N–H and O–H groups in total. The van der Waals surface area contributed by atoms with Crippen LogP contribution >= 0.6 is 11.6 Å². The highest BCUT2D eigenvalue weighted by Crippen LogP contribution is 2.46. The van der Waals surface area contributed by atoms with Crippen LogP contribution in [0.5, 0.6) is 5.88 Å². The van der Waals surface area contributed by atoms with E-state index in [4.69, 9.17) is 31.8 Å². The summed E-state index contributed by atoms with van der Waals surface area (Å²) in [5.74, 6) is 1.78. The molecule has 2 aliphatic rings. The molecule has 1 aliphatic heterocycles. The van der Waals surface area contributed by atoms with Gasteiger partial charge in [-0.15, -0.1) is 0 Å². The number of carbonyl (C=O) groups excluding carboxylic acids is 1. The van der Waals surface area contributed by atoms with Gasteiger partial charge in [0.25, 0.3) is 0 Å². The molecule has 3 heterocycles. The number of hydrogen-bond donors (Lipinski definition) is 1. The Kier molecular flexibility index (Phi) is 6.71. The number of rotatable bonds is 7. The van der Waals surface area contributed by atoms with E-state index in [1.165, 1.54) is 0 Å². The van der Waals surface area contributed by atoms with E-state index in [2.05, 4.69) is 16.8 Å². The number of halogens is 1. The molecule has 1 amide bonds. The SMILES string of the molecule is COCCC(=O)N1CCN(c2nc(C3CC3)c(-c3cc(Cl)nc(OC)c3)cc2N)C[C@H]1C. The monoisotopic (exact) mass is 459 g/mol. The van der Waals surface area contributed by atoms with Gasteiger partial charge in [0.1, 0.15) is 5.15 Å². The second-order valence-electron chi connectivity index (χ2n) is 8.45. The van der Waals surface area contributed by atoms with Crippen molar-refractivity contribution in [2.24, 2.45) is 0 Å². The Morgan fingerprint density at radius 2 is 2.00 bits per heavy atom. The van der Waals surface area contributed by atoms with Crippen molar-refractivity contribution in [3.63, 3.8) is 0 Å². The summed E-state index contributed by atoms with van der Waals surface area (Å²) in [6.45, 7) is 4.53. The highest BCUT2D eigenvalue weighted by Gasteiger charge is 2.32. The Balaban J connectivity index is 1.61. The fourth-order valence-corrected chi connectivity index (χ4v) is 4.47. The minimum absolute atomic E-state index is 0.0709. The Hall–Kier alpha value is -2.58. The third-order valence-corrected chi connectivity index (χ3v) is 6.28. The van der Waals surface area contributed by atoms with Crippen LogP contribution in [0.1, 0.15) is 37.8 Å². The van der Waals surface area contributed by atoms with Crippen molar-refractivity contribution in [1.82, 2.24) is 14.9 Å². The third-order valence-electron chi connectivity index (χ3n) is 6.08. The molecule has 32 heavy (non-hydrogen) atoms. The maximum absolute atomic E-state index is 12.5. The van der Waals surface area contributed by atoms with Gasteiger partial charge < -0.3 is 25.0 Å². The van der Waals surface area contributed by atoms with Gasteiger partial charge in [-0.1, -0.05) is 11.6 Å². The molecule has 4 rings (SSSR count). The quantitative estimate of drug-likeness (QED) is 0.634. The first-order valence-corrected chi connectivity index (χ1v) is 11.3. The predicted octanol–water partition coefficient (Wildman–Crippen LogP) is 3.34. The maximum atomic E-state index is 12.5. The van der Waals surface area contributed by atoms with E-state index in [1.807, 2.05) is 23.1 Å². The summed E-state index contributed by atoms with van der Waals surface area (Å²) in [6, 6.07) is 5.74. The van der Waals surface area contributed by atoms with Gasteiger partial charge in [-0.2, -0.15) is 0 Å². The number of hydrogen-bond acceptors (Lipinski definition) is 7. The number of nitrogens with two attached hydrogens (primary N) is 1. The number of carbonyl (C=O) groups is 1. The van der Waals surface area contributed by atoms with Crippen molar-refractivity contribution in [3.8, 4) is 17.0 Å². The lowest BCUT2D eigenvalue weighted by molar-refractivity contribution is -0.134. The van der Waals surface area contributed by atoms with E-state index in [1.54, 1.807) is 14.2 Å². The average Bonchev–Trinajstić information content (AvgIpc) is 3.62. The summed E-state index contributed by atoms with van der Waals surface area (Å²) < 4.78 is 10.3. The standard InChI is InChI=1S/C23H30ClN5O3/c1-14-13-28(7-8-29(14)21(30)6-9-31-2)23-18(25)12-17(22(27-23)15-4-5-15)16-10-19(24)26-20(11-16)32-3/h10-12,14-15H,4-9,13,25H2,1-3H3/t14-/m1/s1. The van der Waals surface area contributed by atoms with Crippen molar-refractivity contribution in [3.05, 3.63) is 29.0 Å². The van der Waals surface area contributed by atoms with Crippen LogP contribution in [0, 0.1) is 0 Å². The largest absolute Gasteiger partial charge is 0.481 e. The van der Waals surface area contributed by atoms with Crippen LogP contribution in [0.2, 0.25) is 5.15 Å². The van der Waals surface area contributed by atoms with Gasteiger partial charge in [0, 0.05) is 50.3 Å². The normalized spacial score (nSPS) is 18.7. The third kappa shape index (κ3) is 4.76. The number of methoxy groups -OCH3 is 2. The van der Waals surface area contributed by atoms with Crippen LogP contribution in [0.3, 0.4) is 0 Å². The fraction of sp³-hybridized carbons (Fsp3) is 0.522. The zero-order chi connectivity index (χ0) is 22.8. The lowest BCUT2D eigenvalue weighted by Crippen LogP contribution is -2.54. The molecule has 172 valence electrons. The van der Waals surface area contributed by atoms with E-state index < -0.39 is 0 Å². The van der Waals surface area contributed by atoms with Crippen LogP contribution < -0.4 is 15.4 Å². The molecule has 8 nitrogen and oxygen atoms in total. The molecule has 0 spiro atoms. The summed E-state index contributed by atoms with van der Waals surface area (Å²) in [4.78, 5) is 25.8. The zero-order valence-electron chi connectivity index (χ0n) is 18.8. The van der Waals surface area contributed by atoms with E-state index in [-0.39, 0.29) is 11.9 Å². The van der Waals surface area contributed by atoms with Gasteiger partial charge in [-0.3, -0.25) is 4.79 Å². The number of piperazine rings is 1. The summed E-state index contributed by atoms with van der Waals surface area (Å²) in [5, 5.41) is 0.367. The second-order valence-corrected chi connectivity index (χ2v) is 8.84. The average molecular weight is 460 g/mol. The Morgan fingerprint density at radius 1 is 1.22 bits per heavy atom. The lowest BCUT2D eigenvalue weighted by atomic mass is 10.0. The molecule has 2 fully saturated rings. The molecule has 0 unspecified atom stereocenters. The van der Waals surface area contributed by atoms with Crippen LogP contribution in [0.4, 0.5) is 11.5 Å². The van der Waals surface area contributed by atoms with E-state index in [9.17, 15) is 4.79 Å². The van der Waals surface area contributed by atoms with Crippen molar-refractivity contribution < 1.29 is 14.3 Å². The number of nitrogen functional groups attached to an aromatic ring is 1. The van der Waals surface area contributed by atoms with Gasteiger partial charge >= 0.3 is 0 Å². The topological polar surface area (TPSA) is 93.8 Å². The molecule has 0 bridgehead atoms. The number of pyridine rings is 2. The van der Waals surface area contributed by atoms with Crippen molar-refractivity contribution >= 4 is 29.0 Å². The molecule has 0 radical (unpaired) electrons. The predicted molar refractivity (Wildman–Crippen MR) is 125 cm³/mol. The molecule has 2 aromatic heterocycles. The molecular formula is C23H30ClN5O3. The van der Waals surface area contributed by atoms with Crippen molar-refractivity contribution in [2.75, 3.05) is 51.1 Å². The number of amides is 1. The Morgan fingerprint density at radius 3 is 2.66 bits per heavy atom. The van der Waals surface area contributed by atoms with Gasteiger partial charge in [-0.05, 0) is 37.5 Å². The highest BCUT2D eigenvalue weighted by atomic mass is 35.5. The molecule has 1 atom stereocenters. The second kappa shape index (κ2) is 9.50. The maximum Gasteiger partial charge on any atom is 0.225 e. The zero-order valence-corrected chi connectivity index (χ0v) is 19.6. The number of ether oxygens (including phenoxy) is 2. The number of nitrogens with zero attached hydrogens (tertiary/aromatic N) is 4. The molecule has 2 aromatic rings. The summed E-state index contributed by atoms with van der Waals surface area (Å²) in [6.07, 6.45) is 2.62. The van der Waals surface area contributed by atoms with Gasteiger partial charge in [0.2, 0.25) is 11.8 Å². The summed E-state index contributed by atoms with van der Waals surface area (Å²) >= 11 is 6.21. The smallest absolute Gasteiger partial charge is 0.225 e. The van der Waals surface area contributed by atoms with Crippen LogP contribution in [0.15, 0.2) is 18.2 Å². The first-order valence-electron chi connectivity index (χ1n) is 11.0. The first kappa shape index (κ1) is 22.6. The molecule has 1 saturated heterocycles. The molecular weight excluding hydrogens is 430 g/mol. The summed E-state index contributed by atoms with van der Waals surface area (Å²) in [5.41, 5.74) is 10.0. The van der Waals surface area contributed by atoms with Crippen molar-refractivity contribution in [1.29, 1.82) is 0 Å². The molecule has 1 saturated carbocycles. The van der Waals surface area contributed by atoms with E-state index in [0.29, 0.717) is 55.3 Å². The van der Waals surface area contributed by atoms with Gasteiger partial charge in [0.15, 0.2) is 5.82 Å². The van der Waals surface area contributed by atoms with Gasteiger partial charge in [-0.25, -0.2) is 9.97 Å². The number of anilines is 2. The van der Waals surface area contributed by atoms with Crippen LogP contribution in [-0.2, 0) is 9.53 Å². The molecule has 1 aliphatic carbocycles. The Labute approximate surface area is 193 Å². The van der Waals surface area contributed by atoms with Gasteiger partial charge in [0.05, 0.1) is 31.5 Å². The fourth-order valence-electron chi connectivity index (χ4n) is 4.27. The minimum atomic E-state index is 0.0709. The minimum Gasteiger partial charge on any atom is -0.481 e. The lowest BCUT2D eigenvalue weighted by Gasteiger charge is -2.41. The van der Waals surface area contributed by atoms with E-state index in [0.717, 1.165) is 35.5 Å². The van der Waals surface area contributed by atoms with Crippen LogP contribution in [0.25, 0.3) is 11.1 Å². The van der Waals surface area contributed by atoms with E-state index >= 15 is 0 Å². The van der Waals surface area contributed by atoms with Crippen molar-refractivity contribution in [2.45, 2.75) is 38.1 Å². The highest BCUT2D eigenvalue weighted by molar-refractivity contribution is 6.29. The molecule has 0 aromatic carbocycles. The number of aromatic nitrogens is 2. The summed E-state index contributed by atoms with van der Waals surface area (Å²) in [7, 11) is 3.18. The van der Waals surface area contributed by atoms with Crippen LogP contribution in [-0.4, -0.2) is 67.3 Å².